The lowest BCUT2D eigenvalue weighted by Gasteiger charge is -2.12. The zero-order valence-electron chi connectivity index (χ0n) is 32.9. The Balaban J connectivity index is 0.000000154. The monoisotopic (exact) mass is 796 g/mol. The molecule has 0 radical (unpaired) electrons. The second-order valence-corrected chi connectivity index (χ2v) is 13.6. The van der Waals surface area contributed by atoms with E-state index in [1.807, 2.05) is 76.5 Å². The van der Waals surface area contributed by atoms with Crippen molar-refractivity contribution in [2.24, 2.45) is 0 Å². The number of rotatable bonds is 10. The molecule has 0 saturated carbocycles. The molecule has 60 heavy (non-hydrogen) atoms. The Hall–Kier alpha value is -8.14. The maximum absolute atomic E-state index is 6.11. The Morgan fingerprint density at radius 1 is 0.500 bits per heavy atom. The van der Waals surface area contributed by atoms with Crippen LogP contribution in [-0.4, -0.2) is 63.9 Å². The van der Waals surface area contributed by atoms with Gasteiger partial charge in [-0.05, 0) is 72.5 Å². The summed E-state index contributed by atoms with van der Waals surface area (Å²) in [6, 6.07) is 19.9. The van der Waals surface area contributed by atoms with Gasteiger partial charge in [0.05, 0.1) is 59.7 Å². The second kappa shape index (κ2) is 16.4. The van der Waals surface area contributed by atoms with Gasteiger partial charge in [0.2, 0.25) is 11.8 Å². The zero-order chi connectivity index (χ0) is 41.0. The predicted molar refractivity (Wildman–Crippen MR) is 222 cm³/mol. The van der Waals surface area contributed by atoms with Gasteiger partial charge in [-0.15, -0.1) is 0 Å². The van der Waals surface area contributed by atoms with Crippen molar-refractivity contribution in [1.82, 2.24) is 49.8 Å². The molecule has 0 spiro atoms. The summed E-state index contributed by atoms with van der Waals surface area (Å²) in [5, 5.41) is 6.49. The SMILES string of the molecule is CNc1cccc2c1Cc1nc(Oc3ccc(C)nc3)nc(Oc3cnc(C)nc3)c1-2.CNc1cccc2c1Cc1nc(Oc3cccnc3)nc(Oc3cncnc3)c1-2. The van der Waals surface area contributed by atoms with Gasteiger partial charge >= 0.3 is 12.0 Å². The Kier molecular flexibility index (Phi) is 10.2. The van der Waals surface area contributed by atoms with Crippen molar-refractivity contribution in [1.29, 1.82) is 0 Å². The van der Waals surface area contributed by atoms with E-state index in [0.29, 0.717) is 53.4 Å². The van der Waals surface area contributed by atoms with Gasteiger partial charge in [0.25, 0.3) is 0 Å². The molecule has 0 fully saturated rings. The van der Waals surface area contributed by atoms with Gasteiger partial charge in [0, 0.05) is 50.2 Å². The normalized spacial score (nSPS) is 11.5. The molecule has 0 atom stereocenters. The molecule has 0 saturated heterocycles. The third-order valence-corrected chi connectivity index (χ3v) is 9.64. The molecule has 6 heterocycles. The Bertz CT molecular complexity index is 2810. The molecular formula is C44H36N12O4. The van der Waals surface area contributed by atoms with Crippen molar-refractivity contribution >= 4 is 11.4 Å². The summed E-state index contributed by atoms with van der Waals surface area (Å²) in [5.74, 6) is 3.55. The van der Waals surface area contributed by atoms with E-state index in [1.54, 1.807) is 55.5 Å². The molecule has 0 unspecified atom stereocenters. The molecule has 10 rings (SSSR count). The van der Waals surface area contributed by atoms with Crippen LogP contribution in [-0.2, 0) is 12.8 Å². The topological polar surface area (TPSA) is 190 Å². The molecular weight excluding hydrogens is 761 g/mol. The lowest BCUT2D eigenvalue weighted by atomic mass is 10.1. The molecule has 2 N–H and O–H groups in total. The standard InChI is InChI=1S/C23H20N6O2.C21H16N6O2/c1-13-7-8-15(10-25-13)31-23-28-20-9-18-17(5-4-6-19(18)24-3)21(20)22(29-23)30-16-11-26-14(2)27-12-16;1-22-17-6-2-5-15-16(17)8-18-19(15)20(28-14-10-24-12-25-11-14)27-21(26-18)29-13-4-3-7-23-9-13/h4-8,10-12,24H,9H2,1-3H3;2-7,9-12,22H,8H2,1H3. The van der Waals surface area contributed by atoms with Gasteiger partial charge in [-0.3, -0.25) is 9.97 Å². The summed E-state index contributed by atoms with van der Waals surface area (Å²) < 4.78 is 23.9. The van der Waals surface area contributed by atoms with Crippen LogP contribution in [0.3, 0.4) is 0 Å². The van der Waals surface area contributed by atoms with Crippen LogP contribution in [0.2, 0.25) is 0 Å². The van der Waals surface area contributed by atoms with Crippen LogP contribution in [0.5, 0.6) is 46.8 Å². The number of aryl methyl sites for hydroxylation is 2. The summed E-state index contributed by atoms with van der Waals surface area (Å²) in [6.07, 6.45) is 14.1. The van der Waals surface area contributed by atoms with Crippen LogP contribution < -0.4 is 29.6 Å². The third-order valence-electron chi connectivity index (χ3n) is 9.64. The molecule has 2 aliphatic carbocycles. The summed E-state index contributed by atoms with van der Waals surface area (Å²) in [4.78, 5) is 43.2. The van der Waals surface area contributed by atoms with E-state index in [0.717, 1.165) is 61.8 Å². The van der Waals surface area contributed by atoms with E-state index in [-0.39, 0.29) is 12.0 Å². The molecule has 6 aromatic heterocycles. The summed E-state index contributed by atoms with van der Waals surface area (Å²) in [5.41, 5.74) is 10.7. The van der Waals surface area contributed by atoms with Crippen molar-refractivity contribution in [2.45, 2.75) is 26.7 Å². The quantitative estimate of drug-likeness (QED) is 0.134. The smallest absolute Gasteiger partial charge is 0.325 e. The van der Waals surface area contributed by atoms with Gasteiger partial charge in [0.15, 0.2) is 11.5 Å². The number of hydrogen-bond donors (Lipinski definition) is 2. The number of nitrogens with one attached hydrogen (secondary N) is 2. The fourth-order valence-corrected chi connectivity index (χ4v) is 6.92. The summed E-state index contributed by atoms with van der Waals surface area (Å²) in [6.45, 7) is 3.74. The van der Waals surface area contributed by atoms with Gasteiger partial charge in [0.1, 0.15) is 23.7 Å². The highest BCUT2D eigenvalue weighted by Gasteiger charge is 2.30. The number of fused-ring (bicyclic) bond motifs is 6. The highest BCUT2D eigenvalue weighted by atomic mass is 16.5. The summed E-state index contributed by atoms with van der Waals surface area (Å²) in [7, 11) is 3.81. The number of pyridine rings is 2. The van der Waals surface area contributed by atoms with Crippen LogP contribution in [0.4, 0.5) is 11.4 Å². The molecule has 0 aliphatic heterocycles. The average molecular weight is 797 g/mol. The first-order valence-corrected chi connectivity index (χ1v) is 18.9. The zero-order valence-corrected chi connectivity index (χ0v) is 32.9. The molecule has 2 aromatic carbocycles. The van der Waals surface area contributed by atoms with Gasteiger partial charge in [-0.1, -0.05) is 24.3 Å². The number of nitrogens with zero attached hydrogens (tertiary/aromatic N) is 10. The van der Waals surface area contributed by atoms with Crippen molar-refractivity contribution in [3.8, 4) is 69.0 Å². The predicted octanol–water partition coefficient (Wildman–Crippen LogP) is 8.34. The van der Waals surface area contributed by atoms with Gasteiger partial charge in [-0.2, -0.15) is 19.9 Å². The largest absolute Gasteiger partial charge is 0.435 e. The Morgan fingerprint density at radius 3 is 1.55 bits per heavy atom. The molecule has 0 amide bonds. The summed E-state index contributed by atoms with van der Waals surface area (Å²) >= 11 is 0. The fraction of sp³-hybridized carbons (Fsp3) is 0.136. The maximum Gasteiger partial charge on any atom is 0.325 e. The number of ether oxygens (including phenoxy) is 4. The number of hydrogen-bond acceptors (Lipinski definition) is 16. The first-order valence-electron chi connectivity index (χ1n) is 18.9. The lowest BCUT2D eigenvalue weighted by Crippen LogP contribution is -2.01. The number of aromatic nitrogens is 10. The van der Waals surface area contributed by atoms with Crippen molar-refractivity contribution in [3.05, 3.63) is 144 Å². The van der Waals surface area contributed by atoms with E-state index in [9.17, 15) is 0 Å². The third kappa shape index (κ3) is 7.76. The van der Waals surface area contributed by atoms with Crippen LogP contribution in [0, 0.1) is 13.8 Å². The van der Waals surface area contributed by atoms with Crippen molar-refractivity contribution < 1.29 is 18.9 Å². The number of anilines is 2. The Morgan fingerprint density at radius 2 is 1.03 bits per heavy atom. The Labute approximate surface area is 344 Å². The molecule has 8 aromatic rings. The fourth-order valence-electron chi connectivity index (χ4n) is 6.92. The molecule has 0 bridgehead atoms. The van der Waals surface area contributed by atoms with Crippen LogP contribution in [0.1, 0.15) is 34.0 Å². The van der Waals surface area contributed by atoms with E-state index in [2.05, 4.69) is 60.5 Å². The maximum atomic E-state index is 6.11. The molecule has 2 aliphatic rings. The van der Waals surface area contributed by atoms with Crippen LogP contribution >= 0.6 is 0 Å². The van der Waals surface area contributed by atoms with E-state index in [1.165, 1.54) is 6.33 Å². The minimum Gasteiger partial charge on any atom is -0.435 e. The van der Waals surface area contributed by atoms with Crippen LogP contribution in [0.25, 0.3) is 22.3 Å². The highest BCUT2D eigenvalue weighted by Crippen LogP contribution is 2.47. The first-order chi connectivity index (χ1) is 29.4. The molecule has 16 nitrogen and oxygen atoms in total. The van der Waals surface area contributed by atoms with E-state index in [4.69, 9.17) is 18.9 Å². The van der Waals surface area contributed by atoms with E-state index < -0.39 is 0 Å². The minimum atomic E-state index is 0.197. The van der Waals surface area contributed by atoms with Gasteiger partial charge in [-0.25, -0.2) is 19.9 Å². The molecule has 296 valence electrons. The van der Waals surface area contributed by atoms with Crippen molar-refractivity contribution in [3.63, 3.8) is 0 Å². The minimum absolute atomic E-state index is 0.197. The van der Waals surface area contributed by atoms with E-state index >= 15 is 0 Å². The molecule has 16 heteroatoms. The number of benzene rings is 2. The van der Waals surface area contributed by atoms with Crippen LogP contribution in [0.15, 0.2) is 110 Å². The lowest BCUT2D eigenvalue weighted by molar-refractivity contribution is 0.408. The van der Waals surface area contributed by atoms with Crippen molar-refractivity contribution in [2.75, 3.05) is 24.7 Å². The average Bonchev–Trinajstić information content (AvgIpc) is 3.85. The first kappa shape index (κ1) is 37.4. The highest BCUT2D eigenvalue weighted by molar-refractivity contribution is 5.85. The van der Waals surface area contributed by atoms with Gasteiger partial charge < -0.3 is 29.6 Å². The second-order valence-electron chi connectivity index (χ2n) is 13.6.